The Morgan fingerprint density at radius 3 is 2.56 bits per heavy atom. The first-order chi connectivity index (χ1) is 15.5. The molecule has 1 aromatic heterocycles. The maximum Gasteiger partial charge on any atom is 0.295 e. The minimum atomic E-state index is -0.845. The number of likely N-dealkylation sites (tertiary alicyclic amines) is 1. The average molecular weight is 432 g/mol. The van der Waals surface area contributed by atoms with Crippen molar-refractivity contribution in [2.45, 2.75) is 12.5 Å². The minimum Gasteiger partial charge on any atom is -0.507 e. The van der Waals surface area contributed by atoms with E-state index in [9.17, 15) is 19.1 Å². The molecule has 1 N–H and O–H groups in total. The number of hydrogen-bond donors (Lipinski definition) is 1. The Labute approximate surface area is 184 Å². The van der Waals surface area contributed by atoms with Crippen LogP contribution < -0.4 is 4.74 Å². The summed E-state index contributed by atoms with van der Waals surface area (Å²) in [5.74, 6) is -1.62. The second-order valence-electron chi connectivity index (χ2n) is 7.36. The topological polar surface area (TPSA) is 79.7 Å². The maximum absolute atomic E-state index is 13.2. The molecule has 1 aliphatic heterocycles. The number of aliphatic hydroxyl groups excluding tert-OH is 1. The van der Waals surface area contributed by atoms with E-state index in [0.29, 0.717) is 23.4 Å². The normalized spacial score (nSPS) is 17.6. The molecule has 1 saturated heterocycles. The molecule has 32 heavy (non-hydrogen) atoms. The molecule has 0 saturated carbocycles. The van der Waals surface area contributed by atoms with E-state index < -0.39 is 17.7 Å². The first-order valence-electron chi connectivity index (χ1n) is 10.1. The Morgan fingerprint density at radius 1 is 1.09 bits per heavy atom. The number of benzene rings is 2. The highest BCUT2D eigenvalue weighted by Crippen LogP contribution is 2.39. The van der Waals surface area contributed by atoms with Crippen molar-refractivity contribution >= 4 is 17.4 Å². The molecular weight excluding hydrogens is 411 g/mol. The van der Waals surface area contributed by atoms with Crippen LogP contribution in [-0.2, 0) is 16.0 Å². The first-order valence-corrected chi connectivity index (χ1v) is 10.1. The second-order valence-corrected chi connectivity index (χ2v) is 7.36. The van der Waals surface area contributed by atoms with Crippen LogP contribution in [0.1, 0.15) is 22.9 Å². The molecule has 1 aliphatic rings. The van der Waals surface area contributed by atoms with Gasteiger partial charge in [-0.2, -0.15) is 0 Å². The molecule has 0 aliphatic carbocycles. The van der Waals surface area contributed by atoms with Crippen molar-refractivity contribution in [1.29, 1.82) is 0 Å². The maximum atomic E-state index is 13.2. The number of rotatable bonds is 6. The average Bonchev–Trinajstić information content (AvgIpc) is 3.08. The van der Waals surface area contributed by atoms with Gasteiger partial charge >= 0.3 is 0 Å². The number of carbonyl (C=O) groups excluding carboxylic acids is 2. The van der Waals surface area contributed by atoms with Gasteiger partial charge in [0, 0.05) is 18.3 Å². The molecule has 1 amide bonds. The highest BCUT2D eigenvalue weighted by Gasteiger charge is 2.46. The van der Waals surface area contributed by atoms with Gasteiger partial charge in [-0.05, 0) is 48.4 Å². The van der Waals surface area contributed by atoms with Crippen LogP contribution in [0.2, 0.25) is 0 Å². The Kier molecular flexibility index (Phi) is 5.98. The number of aromatic nitrogens is 1. The zero-order chi connectivity index (χ0) is 22.7. The number of halogens is 1. The van der Waals surface area contributed by atoms with Crippen molar-refractivity contribution in [2.75, 3.05) is 13.7 Å². The van der Waals surface area contributed by atoms with Crippen molar-refractivity contribution in [3.05, 3.63) is 101 Å². The molecule has 3 aromatic rings. The highest BCUT2D eigenvalue weighted by molar-refractivity contribution is 6.46. The lowest BCUT2D eigenvalue weighted by Crippen LogP contribution is -2.32. The molecule has 0 radical (unpaired) electrons. The van der Waals surface area contributed by atoms with E-state index in [4.69, 9.17) is 4.74 Å². The van der Waals surface area contributed by atoms with Gasteiger partial charge in [-0.15, -0.1) is 0 Å². The summed E-state index contributed by atoms with van der Waals surface area (Å²) in [5.41, 5.74) is 1.62. The summed E-state index contributed by atoms with van der Waals surface area (Å²) >= 11 is 0. The van der Waals surface area contributed by atoms with Crippen molar-refractivity contribution in [3.63, 3.8) is 0 Å². The lowest BCUT2D eigenvalue weighted by molar-refractivity contribution is -0.139. The van der Waals surface area contributed by atoms with Crippen LogP contribution >= 0.6 is 0 Å². The van der Waals surface area contributed by atoms with Gasteiger partial charge in [0.05, 0.1) is 18.4 Å². The van der Waals surface area contributed by atoms with Crippen LogP contribution in [0.5, 0.6) is 5.75 Å². The highest BCUT2D eigenvalue weighted by atomic mass is 19.1. The van der Waals surface area contributed by atoms with Crippen LogP contribution in [-0.4, -0.2) is 40.3 Å². The van der Waals surface area contributed by atoms with E-state index in [-0.39, 0.29) is 23.7 Å². The van der Waals surface area contributed by atoms with Gasteiger partial charge in [-0.1, -0.05) is 30.3 Å². The quantitative estimate of drug-likeness (QED) is 0.363. The summed E-state index contributed by atoms with van der Waals surface area (Å²) in [5, 5.41) is 11.0. The summed E-state index contributed by atoms with van der Waals surface area (Å²) < 4.78 is 18.4. The standard InChI is InChI=1S/C25H21FN2O4/c1-32-19-6-4-5-17(15-19)23(29)21-22(20-7-2-3-13-27-20)28(25(31)24(21)30)14-12-16-8-10-18(26)11-9-16/h2-11,13,15,22,29H,12,14H2,1H3/b23-21-. The smallest absolute Gasteiger partial charge is 0.295 e. The molecule has 7 heteroatoms. The van der Waals surface area contributed by atoms with Gasteiger partial charge in [0.2, 0.25) is 0 Å². The van der Waals surface area contributed by atoms with Crippen molar-refractivity contribution in [3.8, 4) is 5.75 Å². The van der Waals surface area contributed by atoms with Gasteiger partial charge in [0.25, 0.3) is 11.7 Å². The monoisotopic (exact) mass is 432 g/mol. The molecular formula is C25H21FN2O4. The number of Topliss-reactive ketones (excluding diaryl/α,β-unsaturated/α-hetero) is 1. The SMILES string of the molecule is COc1cccc(/C(O)=C2/C(=O)C(=O)N(CCc3ccc(F)cc3)C2c2ccccn2)c1. The van der Waals surface area contributed by atoms with E-state index in [1.165, 1.54) is 24.1 Å². The number of aliphatic hydroxyl groups is 1. The molecule has 162 valence electrons. The van der Waals surface area contributed by atoms with E-state index in [1.807, 2.05) is 0 Å². The zero-order valence-corrected chi connectivity index (χ0v) is 17.4. The van der Waals surface area contributed by atoms with Crippen molar-refractivity contribution in [2.24, 2.45) is 0 Å². The van der Waals surface area contributed by atoms with Gasteiger partial charge in [-0.25, -0.2) is 4.39 Å². The van der Waals surface area contributed by atoms with Crippen LogP contribution in [0.15, 0.2) is 78.5 Å². The van der Waals surface area contributed by atoms with Gasteiger partial charge in [-0.3, -0.25) is 14.6 Å². The minimum absolute atomic E-state index is 0.0268. The third-order valence-corrected chi connectivity index (χ3v) is 5.41. The largest absolute Gasteiger partial charge is 0.507 e. The predicted octanol–water partition coefficient (Wildman–Crippen LogP) is 3.89. The fourth-order valence-electron chi connectivity index (χ4n) is 3.78. The lowest BCUT2D eigenvalue weighted by atomic mass is 9.98. The fourth-order valence-corrected chi connectivity index (χ4v) is 3.78. The third kappa shape index (κ3) is 4.09. The van der Waals surface area contributed by atoms with Crippen LogP contribution in [0.4, 0.5) is 4.39 Å². The Bertz CT molecular complexity index is 1180. The molecule has 1 unspecified atom stereocenters. The predicted molar refractivity (Wildman–Crippen MR) is 116 cm³/mol. The molecule has 1 atom stereocenters. The van der Waals surface area contributed by atoms with Crippen molar-refractivity contribution in [1.82, 2.24) is 9.88 Å². The number of amides is 1. The second kappa shape index (κ2) is 9.01. The summed E-state index contributed by atoms with van der Waals surface area (Å²) in [6.45, 7) is 0.201. The molecule has 4 rings (SSSR count). The molecule has 2 aromatic carbocycles. The fraction of sp³-hybridized carbons (Fsp3) is 0.160. The number of ether oxygens (including phenoxy) is 1. The Balaban J connectivity index is 1.76. The van der Waals surface area contributed by atoms with E-state index in [1.54, 1.807) is 60.8 Å². The van der Waals surface area contributed by atoms with Crippen LogP contribution in [0.3, 0.4) is 0 Å². The lowest BCUT2D eigenvalue weighted by Gasteiger charge is -2.24. The number of methoxy groups -OCH3 is 1. The number of carbonyl (C=O) groups is 2. The van der Waals surface area contributed by atoms with Gasteiger partial charge in [0.15, 0.2) is 0 Å². The zero-order valence-electron chi connectivity index (χ0n) is 17.4. The number of nitrogens with zero attached hydrogens (tertiary/aromatic N) is 2. The molecule has 6 nitrogen and oxygen atoms in total. The van der Waals surface area contributed by atoms with Gasteiger partial charge < -0.3 is 14.7 Å². The summed E-state index contributed by atoms with van der Waals surface area (Å²) in [6.07, 6.45) is 1.98. The van der Waals surface area contributed by atoms with E-state index in [0.717, 1.165) is 5.56 Å². The number of hydrogen-bond acceptors (Lipinski definition) is 5. The Morgan fingerprint density at radius 2 is 1.88 bits per heavy atom. The molecule has 1 fully saturated rings. The van der Waals surface area contributed by atoms with Crippen LogP contribution in [0.25, 0.3) is 5.76 Å². The van der Waals surface area contributed by atoms with E-state index in [2.05, 4.69) is 4.98 Å². The Hall–Kier alpha value is -4.00. The van der Waals surface area contributed by atoms with Crippen LogP contribution in [0, 0.1) is 5.82 Å². The number of ketones is 1. The molecule has 0 bridgehead atoms. The third-order valence-electron chi connectivity index (χ3n) is 5.41. The van der Waals surface area contributed by atoms with E-state index >= 15 is 0 Å². The first kappa shape index (κ1) is 21.2. The molecule has 0 spiro atoms. The summed E-state index contributed by atoms with van der Waals surface area (Å²) in [4.78, 5) is 31.7. The summed E-state index contributed by atoms with van der Waals surface area (Å²) in [7, 11) is 1.50. The van der Waals surface area contributed by atoms with Crippen molar-refractivity contribution < 1.29 is 23.8 Å². The summed E-state index contributed by atoms with van der Waals surface area (Å²) in [6, 6.07) is 17.0. The van der Waals surface area contributed by atoms with Gasteiger partial charge in [0.1, 0.15) is 23.4 Å². The molecule has 2 heterocycles. The number of pyridine rings is 1.